The summed E-state index contributed by atoms with van der Waals surface area (Å²) in [6.45, 7) is 6.47. The first-order valence-electron chi connectivity index (χ1n) is 10.3. The molecule has 162 valence electrons. The number of carbonyl (C=O) groups is 3. The number of nitrogens with one attached hydrogen (secondary N) is 2. The second-order valence-corrected chi connectivity index (χ2v) is 8.81. The molecule has 0 radical (unpaired) electrons. The number of benzene rings is 1. The number of amides is 4. The maximum Gasteiger partial charge on any atom is 0.331 e. The second kappa shape index (κ2) is 7.76. The molecule has 0 saturated carbocycles. The molecule has 1 aromatic carbocycles. The molecule has 2 aliphatic heterocycles. The lowest BCUT2D eigenvalue weighted by Crippen LogP contribution is -2.39. The van der Waals surface area contributed by atoms with Crippen LogP contribution in [0.2, 0.25) is 0 Å². The lowest BCUT2D eigenvalue weighted by atomic mass is 10.1. The van der Waals surface area contributed by atoms with Crippen LogP contribution in [0.15, 0.2) is 49.2 Å². The Morgan fingerprint density at radius 3 is 2.88 bits per heavy atom. The summed E-state index contributed by atoms with van der Waals surface area (Å²) in [5.74, 6) is -0.424. The van der Waals surface area contributed by atoms with E-state index in [0.29, 0.717) is 40.6 Å². The minimum atomic E-state index is -0.324. The first-order valence-corrected chi connectivity index (χ1v) is 11.1. The number of thiophene rings is 1. The summed E-state index contributed by atoms with van der Waals surface area (Å²) in [4.78, 5) is 46.9. The Labute approximate surface area is 188 Å². The van der Waals surface area contributed by atoms with E-state index in [9.17, 15) is 14.4 Å². The third-order valence-electron chi connectivity index (χ3n) is 5.82. The summed E-state index contributed by atoms with van der Waals surface area (Å²) in [6, 6.07) is 8.97. The Morgan fingerprint density at radius 1 is 1.28 bits per heavy atom. The van der Waals surface area contributed by atoms with Gasteiger partial charge in [-0.2, -0.15) is 0 Å². The van der Waals surface area contributed by atoms with Crippen molar-refractivity contribution in [1.29, 1.82) is 0 Å². The molecule has 5 rings (SSSR count). The predicted octanol–water partition coefficient (Wildman–Crippen LogP) is 3.81. The number of likely N-dealkylation sites (tertiary alicyclic amines) is 1. The van der Waals surface area contributed by atoms with Crippen molar-refractivity contribution < 1.29 is 14.4 Å². The van der Waals surface area contributed by atoms with Gasteiger partial charge in [0.1, 0.15) is 9.71 Å². The van der Waals surface area contributed by atoms with Crippen molar-refractivity contribution in [1.82, 2.24) is 15.2 Å². The standard InChI is InChI=1S/C23H21N5O3S/c1-3-17(29)27-11-9-14(12-27)25-21(30)20-19-18-16(8-10-24-22(18)32-20)28(23(31)26-19)15-7-5-4-6-13(15)2/h3-8,10,14H,1,9,11-12H2,2H3,(H,25,30)(H,26,31)/t14-/m1/s1. The van der Waals surface area contributed by atoms with E-state index in [1.165, 1.54) is 17.4 Å². The van der Waals surface area contributed by atoms with E-state index in [1.807, 2.05) is 31.2 Å². The number of pyridine rings is 1. The number of carbonyl (C=O) groups excluding carboxylic acids is 3. The van der Waals surface area contributed by atoms with E-state index >= 15 is 0 Å². The molecule has 1 atom stereocenters. The molecule has 32 heavy (non-hydrogen) atoms. The fourth-order valence-electron chi connectivity index (χ4n) is 4.26. The van der Waals surface area contributed by atoms with Crippen molar-refractivity contribution in [2.75, 3.05) is 23.3 Å². The van der Waals surface area contributed by atoms with E-state index in [1.54, 1.807) is 22.1 Å². The molecule has 9 heteroatoms. The van der Waals surface area contributed by atoms with Gasteiger partial charge in [-0.05, 0) is 37.1 Å². The molecule has 0 aliphatic carbocycles. The largest absolute Gasteiger partial charge is 0.347 e. The van der Waals surface area contributed by atoms with Gasteiger partial charge in [-0.25, -0.2) is 9.78 Å². The lowest BCUT2D eigenvalue weighted by molar-refractivity contribution is -0.125. The zero-order valence-corrected chi connectivity index (χ0v) is 18.2. The number of anilines is 3. The summed E-state index contributed by atoms with van der Waals surface area (Å²) in [7, 11) is 0. The molecule has 4 heterocycles. The number of aryl methyl sites for hydroxylation is 1. The van der Waals surface area contributed by atoms with Gasteiger partial charge < -0.3 is 15.5 Å². The second-order valence-electron chi connectivity index (χ2n) is 7.82. The fourth-order valence-corrected chi connectivity index (χ4v) is 5.28. The first-order chi connectivity index (χ1) is 15.5. The van der Waals surface area contributed by atoms with Crippen molar-refractivity contribution in [2.45, 2.75) is 19.4 Å². The van der Waals surface area contributed by atoms with Crippen LogP contribution in [0.25, 0.3) is 10.2 Å². The number of aromatic nitrogens is 1. The molecule has 2 N–H and O–H groups in total. The van der Waals surface area contributed by atoms with E-state index in [4.69, 9.17) is 0 Å². The van der Waals surface area contributed by atoms with Gasteiger partial charge in [0.25, 0.3) is 5.91 Å². The van der Waals surface area contributed by atoms with Gasteiger partial charge in [-0.1, -0.05) is 24.8 Å². The molecule has 0 unspecified atom stereocenters. The van der Waals surface area contributed by atoms with Crippen molar-refractivity contribution in [3.05, 3.63) is 59.6 Å². The average Bonchev–Trinajstić information content (AvgIpc) is 3.40. The van der Waals surface area contributed by atoms with Crippen LogP contribution in [-0.2, 0) is 4.79 Å². The van der Waals surface area contributed by atoms with E-state index in [0.717, 1.165) is 16.6 Å². The highest BCUT2D eigenvalue weighted by Crippen LogP contribution is 2.46. The molecule has 2 aromatic heterocycles. The fraction of sp³-hybridized carbons (Fsp3) is 0.217. The van der Waals surface area contributed by atoms with Crippen molar-refractivity contribution in [3.63, 3.8) is 0 Å². The normalized spacial score (nSPS) is 17.4. The van der Waals surface area contributed by atoms with Crippen LogP contribution in [0, 0.1) is 6.92 Å². The van der Waals surface area contributed by atoms with Crippen LogP contribution in [0.3, 0.4) is 0 Å². The molecule has 8 nitrogen and oxygen atoms in total. The Bertz CT molecular complexity index is 1280. The zero-order chi connectivity index (χ0) is 22.4. The highest BCUT2D eigenvalue weighted by atomic mass is 32.1. The van der Waals surface area contributed by atoms with Crippen molar-refractivity contribution >= 4 is 56.5 Å². The quantitative estimate of drug-likeness (QED) is 0.595. The lowest BCUT2D eigenvalue weighted by Gasteiger charge is -2.29. The van der Waals surface area contributed by atoms with Gasteiger partial charge in [-0.3, -0.25) is 14.5 Å². The van der Waals surface area contributed by atoms with Gasteiger partial charge in [0, 0.05) is 25.3 Å². The van der Waals surface area contributed by atoms with Crippen LogP contribution in [-0.4, -0.2) is 46.9 Å². The summed E-state index contributed by atoms with van der Waals surface area (Å²) in [6.07, 6.45) is 3.60. The molecule has 3 aromatic rings. The average molecular weight is 448 g/mol. The van der Waals surface area contributed by atoms with Gasteiger partial charge in [-0.15, -0.1) is 11.3 Å². The van der Waals surface area contributed by atoms with E-state index < -0.39 is 0 Å². The summed E-state index contributed by atoms with van der Waals surface area (Å²) in [5.41, 5.74) is 2.92. The monoisotopic (exact) mass is 447 g/mol. The number of para-hydroxylation sites is 1. The van der Waals surface area contributed by atoms with E-state index in [2.05, 4.69) is 22.2 Å². The van der Waals surface area contributed by atoms with Gasteiger partial charge in [0.15, 0.2) is 0 Å². The Balaban J connectivity index is 1.49. The molecule has 2 aliphatic rings. The number of rotatable bonds is 4. The van der Waals surface area contributed by atoms with Gasteiger partial charge >= 0.3 is 6.03 Å². The molecular formula is C23H21N5O3S. The third-order valence-corrected chi connectivity index (χ3v) is 6.91. The minimum Gasteiger partial charge on any atom is -0.347 e. The highest BCUT2D eigenvalue weighted by molar-refractivity contribution is 7.21. The van der Waals surface area contributed by atoms with Crippen molar-refractivity contribution in [3.8, 4) is 0 Å². The molecule has 1 saturated heterocycles. The number of urea groups is 1. The molecule has 4 amide bonds. The van der Waals surface area contributed by atoms with Gasteiger partial charge in [0.05, 0.1) is 22.4 Å². The summed E-state index contributed by atoms with van der Waals surface area (Å²) >= 11 is 1.25. The van der Waals surface area contributed by atoms with Crippen LogP contribution in [0.4, 0.5) is 21.9 Å². The van der Waals surface area contributed by atoms with E-state index in [-0.39, 0.29) is 23.9 Å². The minimum absolute atomic E-state index is 0.142. The Kier molecular flexibility index (Phi) is 4.90. The summed E-state index contributed by atoms with van der Waals surface area (Å²) < 4.78 is 0. The number of hydrogen-bond acceptors (Lipinski definition) is 5. The Hall–Kier alpha value is -3.72. The van der Waals surface area contributed by atoms with Crippen LogP contribution < -0.4 is 15.5 Å². The predicted molar refractivity (Wildman–Crippen MR) is 125 cm³/mol. The van der Waals surface area contributed by atoms with Crippen LogP contribution in [0.1, 0.15) is 21.7 Å². The van der Waals surface area contributed by atoms with Crippen molar-refractivity contribution in [2.24, 2.45) is 0 Å². The third kappa shape index (κ3) is 3.21. The number of nitrogens with zero attached hydrogens (tertiary/aromatic N) is 3. The Morgan fingerprint density at radius 2 is 2.09 bits per heavy atom. The SMILES string of the molecule is C=CC(=O)N1CC[C@@H](NC(=O)c2sc3nccc4c3c2NC(=O)N4c2ccccc2C)C1. The molecular weight excluding hydrogens is 426 g/mol. The van der Waals surface area contributed by atoms with Crippen LogP contribution in [0.5, 0.6) is 0 Å². The first kappa shape index (κ1) is 20.2. The number of hydrogen-bond donors (Lipinski definition) is 2. The maximum absolute atomic E-state index is 13.1. The smallest absolute Gasteiger partial charge is 0.331 e. The zero-order valence-electron chi connectivity index (χ0n) is 17.4. The van der Waals surface area contributed by atoms with Gasteiger partial charge in [0.2, 0.25) is 5.91 Å². The molecule has 0 spiro atoms. The molecule has 0 bridgehead atoms. The molecule has 1 fully saturated rings. The maximum atomic E-state index is 13.1. The summed E-state index contributed by atoms with van der Waals surface area (Å²) in [5, 5.41) is 6.66. The topological polar surface area (TPSA) is 94.6 Å². The highest BCUT2D eigenvalue weighted by Gasteiger charge is 2.34. The van der Waals surface area contributed by atoms with Crippen LogP contribution >= 0.6 is 11.3 Å².